The average molecular weight is 362 g/mol. The van der Waals surface area contributed by atoms with Gasteiger partial charge in [-0.05, 0) is 43.2 Å². The monoisotopic (exact) mass is 361 g/mol. The standard InChI is InChI=1S/C18H17Cl2N3O/c1-12-22-16-4-2-3-5-17(16)23(12)11-18(24)21-9-8-13-6-7-14(19)10-15(13)20/h2-7,10H,8-9,11H2,1H3,(H,21,24). The number of aromatic nitrogens is 2. The summed E-state index contributed by atoms with van der Waals surface area (Å²) in [7, 11) is 0. The smallest absolute Gasteiger partial charge is 0.240 e. The van der Waals surface area contributed by atoms with Gasteiger partial charge < -0.3 is 9.88 Å². The molecular formula is C18H17Cl2N3O. The van der Waals surface area contributed by atoms with E-state index in [9.17, 15) is 4.79 Å². The number of carbonyl (C=O) groups is 1. The van der Waals surface area contributed by atoms with Crippen LogP contribution in [0.3, 0.4) is 0 Å². The van der Waals surface area contributed by atoms with Crippen LogP contribution in [0.1, 0.15) is 11.4 Å². The fraction of sp³-hybridized carbons (Fsp3) is 0.222. The van der Waals surface area contributed by atoms with E-state index in [-0.39, 0.29) is 12.5 Å². The van der Waals surface area contributed by atoms with Crippen LogP contribution in [-0.2, 0) is 17.8 Å². The zero-order valence-electron chi connectivity index (χ0n) is 13.2. The molecule has 6 heteroatoms. The molecular weight excluding hydrogens is 345 g/mol. The van der Waals surface area contributed by atoms with Gasteiger partial charge in [0.25, 0.3) is 0 Å². The molecule has 0 fully saturated rings. The highest BCUT2D eigenvalue weighted by Gasteiger charge is 2.10. The van der Waals surface area contributed by atoms with Crippen LogP contribution in [0.2, 0.25) is 10.0 Å². The molecule has 0 saturated heterocycles. The first-order valence-corrected chi connectivity index (χ1v) is 8.42. The Labute approximate surface area is 150 Å². The van der Waals surface area contributed by atoms with Crippen LogP contribution >= 0.6 is 23.2 Å². The van der Waals surface area contributed by atoms with Crippen LogP contribution in [0.5, 0.6) is 0 Å². The van der Waals surface area contributed by atoms with Gasteiger partial charge in [0.15, 0.2) is 0 Å². The topological polar surface area (TPSA) is 46.9 Å². The van der Waals surface area contributed by atoms with Gasteiger partial charge in [-0.15, -0.1) is 0 Å². The molecule has 2 aromatic carbocycles. The molecule has 3 rings (SSSR count). The molecule has 3 aromatic rings. The highest BCUT2D eigenvalue weighted by atomic mass is 35.5. The molecule has 0 bridgehead atoms. The third kappa shape index (κ3) is 3.71. The Morgan fingerprint density at radius 1 is 1.21 bits per heavy atom. The van der Waals surface area contributed by atoms with Crippen molar-refractivity contribution in [3.05, 3.63) is 63.9 Å². The van der Waals surface area contributed by atoms with Gasteiger partial charge in [0, 0.05) is 16.6 Å². The number of nitrogens with zero attached hydrogens (tertiary/aromatic N) is 2. The predicted molar refractivity (Wildman–Crippen MR) is 97.6 cm³/mol. The minimum absolute atomic E-state index is 0.0497. The zero-order valence-corrected chi connectivity index (χ0v) is 14.7. The minimum atomic E-state index is -0.0497. The summed E-state index contributed by atoms with van der Waals surface area (Å²) >= 11 is 12.0. The van der Waals surface area contributed by atoms with Crippen molar-refractivity contribution >= 4 is 40.1 Å². The van der Waals surface area contributed by atoms with Gasteiger partial charge in [-0.25, -0.2) is 4.98 Å². The van der Waals surface area contributed by atoms with E-state index in [0.717, 1.165) is 22.4 Å². The number of fused-ring (bicyclic) bond motifs is 1. The van der Waals surface area contributed by atoms with Crippen molar-refractivity contribution in [3.63, 3.8) is 0 Å². The molecule has 4 nitrogen and oxygen atoms in total. The number of aryl methyl sites for hydroxylation is 1. The van der Waals surface area contributed by atoms with E-state index in [1.807, 2.05) is 41.8 Å². The van der Waals surface area contributed by atoms with Crippen LogP contribution in [0.25, 0.3) is 11.0 Å². The van der Waals surface area contributed by atoms with Gasteiger partial charge in [-0.1, -0.05) is 41.4 Å². The number of carbonyl (C=O) groups excluding carboxylic acids is 1. The molecule has 124 valence electrons. The normalized spacial score (nSPS) is 11.0. The van der Waals surface area contributed by atoms with Gasteiger partial charge in [-0.3, -0.25) is 4.79 Å². The van der Waals surface area contributed by atoms with Crippen molar-refractivity contribution in [1.82, 2.24) is 14.9 Å². The van der Waals surface area contributed by atoms with E-state index >= 15 is 0 Å². The molecule has 1 heterocycles. The first kappa shape index (κ1) is 16.8. The van der Waals surface area contributed by atoms with Gasteiger partial charge in [0.05, 0.1) is 11.0 Å². The second kappa shape index (κ2) is 7.24. The Kier molecular flexibility index (Phi) is 5.07. The van der Waals surface area contributed by atoms with E-state index in [1.165, 1.54) is 0 Å². The molecule has 0 aliphatic rings. The predicted octanol–water partition coefficient (Wildman–Crippen LogP) is 4.01. The van der Waals surface area contributed by atoms with Crippen molar-refractivity contribution in [2.24, 2.45) is 0 Å². The quantitative estimate of drug-likeness (QED) is 0.746. The largest absolute Gasteiger partial charge is 0.354 e. The van der Waals surface area contributed by atoms with E-state index in [1.54, 1.807) is 12.1 Å². The molecule has 0 unspecified atom stereocenters. The number of para-hydroxylation sites is 2. The van der Waals surface area contributed by atoms with Crippen molar-refractivity contribution in [3.8, 4) is 0 Å². The molecule has 0 aliphatic heterocycles. The molecule has 1 N–H and O–H groups in total. The number of rotatable bonds is 5. The van der Waals surface area contributed by atoms with E-state index < -0.39 is 0 Å². The summed E-state index contributed by atoms with van der Waals surface area (Å²) in [6.45, 7) is 2.67. The van der Waals surface area contributed by atoms with Gasteiger partial charge in [-0.2, -0.15) is 0 Å². The summed E-state index contributed by atoms with van der Waals surface area (Å²) in [4.78, 5) is 16.7. The summed E-state index contributed by atoms with van der Waals surface area (Å²) in [6, 6.07) is 13.2. The Hall–Kier alpha value is -2.04. The van der Waals surface area contributed by atoms with Crippen LogP contribution in [-0.4, -0.2) is 22.0 Å². The molecule has 0 atom stereocenters. The third-order valence-electron chi connectivity index (χ3n) is 3.88. The molecule has 1 amide bonds. The summed E-state index contributed by atoms with van der Waals surface area (Å²) in [5, 5.41) is 4.15. The van der Waals surface area contributed by atoms with Gasteiger partial charge in [0.2, 0.25) is 5.91 Å². The molecule has 24 heavy (non-hydrogen) atoms. The lowest BCUT2D eigenvalue weighted by Gasteiger charge is -2.09. The van der Waals surface area contributed by atoms with Crippen molar-refractivity contribution in [1.29, 1.82) is 0 Å². The Bertz CT molecular complexity index is 889. The lowest BCUT2D eigenvalue weighted by Crippen LogP contribution is -2.29. The van der Waals surface area contributed by atoms with Crippen LogP contribution < -0.4 is 5.32 Å². The van der Waals surface area contributed by atoms with E-state index in [0.29, 0.717) is 23.0 Å². The number of hydrogen-bond donors (Lipinski definition) is 1. The van der Waals surface area contributed by atoms with Crippen LogP contribution in [0.4, 0.5) is 0 Å². The highest BCUT2D eigenvalue weighted by Crippen LogP contribution is 2.21. The van der Waals surface area contributed by atoms with Gasteiger partial charge >= 0.3 is 0 Å². The second-order valence-corrected chi connectivity index (χ2v) is 6.41. The average Bonchev–Trinajstić information content (AvgIpc) is 2.85. The first-order valence-electron chi connectivity index (χ1n) is 7.67. The fourth-order valence-electron chi connectivity index (χ4n) is 2.66. The minimum Gasteiger partial charge on any atom is -0.354 e. The SMILES string of the molecule is Cc1nc2ccccc2n1CC(=O)NCCc1ccc(Cl)cc1Cl. The third-order valence-corrected chi connectivity index (χ3v) is 4.47. The summed E-state index contributed by atoms with van der Waals surface area (Å²) in [5.41, 5.74) is 2.83. The van der Waals surface area contributed by atoms with Crippen molar-refractivity contribution < 1.29 is 4.79 Å². The zero-order chi connectivity index (χ0) is 17.1. The Morgan fingerprint density at radius 2 is 2.00 bits per heavy atom. The number of benzene rings is 2. The molecule has 0 radical (unpaired) electrons. The molecule has 0 saturated carbocycles. The van der Waals surface area contributed by atoms with E-state index in [4.69, 9.17) is 23.2 Å². The van der Waals surface area contributed by atoms with Crippen molar-refractivity contribution in [2.75, 3.05) is 6.54 Å². The maximum absolute atomic E-state index is 12.2. The highest BCUT2D eigenvalue weighted by molar-refractivity contribution is 6.35. The first-order chi connectivity index (χ1) is 11.5. The Balaban J connectivity index is 1.60. The number of hydrogen-bond acceptors (Lipinski definition) is 2. The van der Waals surface area contributed by atoms with Crippen molar-refractivity contribution in [2.45, 2.75) is 19.9 Å². The molecule has 0 spiro atoms. The maximum atomic E-state index is 12.2. The van der Waals surface area contributed by atoms with Crippen LogP contribution in [0, 0.1) is 6.92 Å². The Morgan fingerprint density at radius 3 is 2.79 bits per heavy atom. The van der Waals surface area contributed by atoms with Gasteiger partial charge in [0.1, 0.15) is 12.4 Å². The van der Waals surface area contributed by atoms with Crippen LogP contribution in [0.15, 0.2) is 42.5 Å². The number of nitrogens with one attached hydrogen (secondary N) is 1. The summed E-state index contributed by atoms with van der Waals surface area (Å²) < 4.78 is 1.92. The second-order valence-electron chi connectivity index (χ2n) is 5.57. The summed E-state index contributed by atoms with van der Waals surface area (Å²) in [6.07, 6.45) is 0.658. The molecule has 0 aliphatic carbocycles. The summed E-state index contributed by atoms with van der Waals surface area (Å²) in [5.74, 6) is 0.776. The fourth-order valence-corrected chi connectivity index (χ4v) is 3.16. The molecule has 1 aromatic heterocycles. The number of imidazole rings is 1. The number of amides is 1. The number of halogens is 2. The van der Waals surface area contributed by atoms with E-state index in [2.05, 4.69) is 10.3 Å². The maximum Gasteiger partial charge on any atom is 0.240 e. The lowest BCUT2D eigenvalue weighted by molar-refractivity contribution is -0.121. The lowest BCUT2D eigenvalue weighted by atomic mass is 10.1.